The van der Waals surface area contributed by atoms with E-state index in [0.29, 0.717) is 17.5 Å². The first-order chi connectivity index (χ1) is 30.7. The Hall–Kier alpha value is -8.34. The van der Waals surface area contributed by atoms with Gasteiger partial charge in [0.2, 0.25) is 0 Å². The molecular formula is C58H38N4. The van der Waals surface area contributed by atoms with Gasteiger partial charge in [-0.25, -0.2) is 15.0 Å². The van der Waals surface area contributed by atoms with Crippen molar-refractivity contribution in [1.29, 1.82) is 0 Å². The van der Waals surface area contributed by atoms with Crippen LogP contribution in [0.15, 0.2) is 231 Å². The van der Waals surface area contributed by atoms with Crippen LogP contribution in [0.2, 0.25) is 0 Å². The fraction of sp³-hybridized carbons (Fsp3) is 0. The van der Waals surface area contributed by atoms with E-state index in [1.807, 2.05) is 24.5 Å². The molecule has 0 N–H and O–H groups in total. The minimum absolute atomic E-state index is 0.623. The Morgan fingerprint density at radius 2 is 0.597 bits per heavy atom. The van der Waals surface area contributed by atoms with E-state index in [2.05, 4.69) is 211 Å². The number of pyridine rings is 1. The second-order valence-corrected chi connectivity index (χ2v) is 15.5. The van der Waals surface area contributed by atoms with Crippen LogP contribution in [-0.4, -0.2) is 19.9 Å². The summed E-state index contributed by atoms with van der Waals surface area (Å²) in [7, 11) is 0. The zero-order valence-corrected chi connectivity index (χ0v) is 33.7. The Morgan fingerprint density at radius 1 is 0.226 bits per heavy atom. The minimum Gasteiger partial charge on any atom is -0.264 e. The summed E-state index contributed by atoms with van der Waals surface area (Å²) in [6, 6.07) is 76.9. The quantitative estimate of drug-likeness (QED) is 0.144. The first kappa shape index (κ1) is 36.7. The lowest BCUT2D eigenvalue weighted by molar-refractivity contribution is 1.07. The highest BCUT2D eigenvalue weighted by Gasteiger charge is 2.14. The Balaban J connectivity index is 0.907. The lowest BCUT2D eigenvalue weighted by Crippen LogP contribution is -2.00. The van der Waals surface area contributed by atoms with Gasteiger partial charge in [-0.1, -0.05) is 194 Å². The molecule has 11 aromatic rings. The van der Waals surface area contributed by atoms with Gasteiger partial charge >= 0.3 is 0 Å². The van der Waals surface area contributed by atoms with Crippen molar-refractivity contribution in [1.82, 2.24) is 19.9 Å². The van der Waals surface area contributed by atoms with E-state index in [-0.39, 0.29) is 0 Å². The number of hydrogen-bond acceptors (Lipinski definition) is 4. The molecule has 4 heteroatoms. The standard InChI is InChI=1S/C58H38N4/c1-3-9-39(10-4-1)41-21-26-46(27-22-41)56-60-57(47-28-23-42(24-29-47)40-11-5-2-6-12-40)62-58(61-56)53-16-8-14-49(37-53)44-19-17-43(18-20-44)48-13-7-15-50(35-48)51-31-32-54-52(36-51)30-25-45-33-34-59-38-55(45)54/h1-38H. The van der Waals surface area contributed by atoms with Gasteiger partial charge in [0.15, 0.2) is 17.5 Å². The maximum atomic E-state index is 5.09. The van der Waals surface area contributed by atoms with Gasteiger partial charge in [0.05, 0.1) is 0 Å². The van der Waals surface area contributed by atoms with Gasteiger partial charge in [-0.2, -0.15) is 0 Å². The van der Waals surface area contributed by atoms with E-state index >= 15 is 0 Å². The maximum Gasteiger partial charge on any atom is 0.164 e. The lowest BCUT2D eigenvalue weighted by atomic mass is 9.95. The van der Waals surface area contributed by atoms with Crippen LogP contribution < -0.4 is 0 Å². The summed E-state index contributed by atoms with van der Waals surface area (Å²) < 4.78 is 0. The lowest BCUT2D eigenvalue weighted by Gasteiger charge is -2.11. The fourth-order valence-electron chi connectivity index (χ4n) is 8.30. The van der Waals surface area contributed by atoms with E-state index in [9.17, 15) is 0 Å². The van der Waals surface area contributed by atoms with Crippen LogP contribution >= 0.6 is 0 Å². The third-order valence-corrected chi connectivity index (χ3v) is 11.6. The number of rotatable bonds is 8. The molecule has 0 saturated carbocycles. The Bertz CT molecular complexity index is 3260. The summed E-state index contributed by atoms with van der Waals surface area (Å²) in [4.78, 5) is 19.6. The summed E-state index contributed by atoms with van der Waals surface area (Å²) in [5, 5.41) is 4.80. The minimum atomic E-state index is 0.623. The maximum absolute atomic E-state index is 5.09. The van der Waals surface area contributed by atoms with E-state index in [4.69, 9.17) is 15.0 Å². The van der Waals surface area contributed by atoms with Crippen molar-refractivity contribution in [3.8, 4) is 89.8 Å². The molecule has 0 spiro atoms. The Labute approximate surface area is 360 Å². The summed E-state index contributed by atoms with van der Waals surface area (Å²) in [5.41, 5.74) is 14.3. The van der Waals surface area contributed by atoms with Gasteiger partial charge in [-0.15, -0.1) is 0 Å². The second-order valence-electron chi connectivity index (χ2n) is 15.5. The van der Waals surface area contributed by atoms with Crippen LogP contribution in [-0.2, 0) is 0 Å². The number of fused-ring (bicyclic) bond motifs is 3. The zero-order valence-electron chi connectivity index (χ0n) is 33.7. The average Bonchev–Trinajstić information content (AvgIpc) is 3.37. The summed E-state index contributed by atoms with van der Waals surface area (Å²) in [5.74, 6) is 1.88. The summed E-state index contributed by atoms with van der Waals surface area (Å²) in [6.45, 7) is 0. The monoisotopic (exact) mass is 790 g/mol. The van der Waals surface area contributed by atoms with Crippen molar-refractivity contribution in [2.45, 2.75) is 0 Å². The molecule has 2 heterocycles. The van der Waals surface area contributed by atoms with E-state index < -0.39 is 0 Å². The van der Waals surface area contributed by atoms with Crippen molar-refractivity contribution >= 4 is 21.5 Å². The normalized spacial score (nSPS) is 11.2. The molecule has 0 radical (unpaired) electrons. The van der Waals surface area contributed by atoms with Crippen LogP contribution in [0.5, 0.6) is 0 Å². The third kappa shape index (κ3) is 7.31. The van der Waals surface area contributed by atoms with Crippen molar-refractivity contribution in [2.75, 3.05) is 0 Å². The van der Waals surface area contributed by atoms with Crippen molar-refractivity contribution < 1.29 is 0 Å². The van der Waals surface area contributed by atoms with Gasteiger partial charge < -0.3 is 0 Å². The fourth-order valence-corrected chi connectivity index (χ4v) is 8.30. The van der Waals surface area contributed by atoms with Gasteiger partial charge in [0.1, 0.15) is 0 Å². The number of nitrogens with zero attached hydrogens (tertiary/aromatic N) is 4. The smallest absolute Gasteiger partial charge is 0.164 e. The van der Waals surface area contributed by atoms with Crippen LogP contribution in [0.3, 0.4) is 0 Å². The molecule has 0 aliphatic rings. The number of hydrogen-bond donors (Lipinski definition) is 0. The molecule has 2 aromatic heterocycles. The number of aromatic nitrogens is 4. The average molecular weight is 791 g/mol. The molecule has 0 aliphatic carbocycles. The van der Waals surface area contributed by atoms with Crippen molar-refractivity contribution in [3.05, 3.63) is 231 Å². The molecule has 0 bridgehead atoms. The molecule has 4 nitrogen and oxygen atoms in total. The highest BCUT2D eigenvalue weighted by Crippen LogP contribution is 2.34. The molecule has 0 unspecified atom stereocenters. The molecule has 0 aliphatic heterocycles. The van der Waals surface area contributed by atoms with Crippen molar-refractivity contribution in [3.63, 3.8) is 0 Å². The highest BCUT2D eigenvalue weighted by molar-refractivity contribution is 6.08. The molecule has 0 atom stereocenters. The van der Waals surface area contributed by atoms with Crippen molar-refractivity contribution in [2.24, 2.45) is 0 Å². The van der Waals surface area contributed by atoms with Gasteiger partial charge in [0.25, 0.3) is 0 Å². The highest BCUT2D eigenvalue weighted by atomic mass is 15.0. The van der Waals surface area contributed by atoms with Gasteiger partial charge in [-0.3, -0.25) is 4.98 Å². The predicted octanol–water partition coefficient (Wildman–Crippen LogP) is 14.9. The van der Waals surface area contributed by atoms with Gasteiger partial charge in [-0.05, 0) is 96.1 Å². The third-order valence-electron chi connectivity index (χ3n) is 11.6. The molecule has 290 valence electrons. The zero-order chi connectivity index (χ0) is 41.2. The molecule has 11 rings (SSSR count). The molecule has 0 amide bonds. The molecule has 0 saturated heterocycles. The largest absolute Gasteiger partial charge is 0.264 e. The Kier molecular flexibility index (Phi) is 9.49. The van der Waals surface area contributed by atoms with Crippen LogP contribution in [0.4, 0.5) is 0 Å². The molecular weight excluding hydrogens is 753 g/mol. The van der Waals surface area contributed by atoms with E-state index in [1.165, 1.54) is 49.4 Å². The molecule has 62 heavy (non-hydrogen) atoms. The summed E-state index contributed by atoms with van der Waals surface area (Å²) >= 11 is 0. The SMILES string of the molecule is c1ccc(-c2ccc(-c3nc(-c4ccc(-c5ccccc5)cc4)nc(-c4cccc(-c5ccc(-c6cccc(-c7ccc8c(ccc9ccncc98)c7)c6)cc5)c4)n3)cc2)cc1. The van der Waals surface area contributed by atoms with E-state index in [0.717, 1.165) is 44.5 Å². The second kappa shape index (κ2) is 16.0. The first-order valence-electron chi connectivity index (χ1n) is 20.8. The van der Waals surface area contributed by atoms with Crippen LogP contribution in [0.1, 0.15) is 0 Å². The predicted molar refractivity (Wildman–Crippen MR) is 256 cm³/mol. The number of benzene rings is 9. The first-order valence-corrected chi connectivity index (χ1v) is 20.8. The summed E-state index contributed by atoms with van der Waals surface area (Å²) in [6.07, 6.45) is 3.80. The van der Waals surface area contributed by atoms with Gasteiger partial charge in [0, 0.05) is 34.5 Å². The molecule has 9 aromatic carbocycles. The molecule has 0 fully saturated rings. The Morgan fingerprint density at radius 3 is 1.15 bits per heavy atom. The van der Waals surface area contributed by atoms with E-state index in [1.54, 1.807) is 0 Å². The van der Waals surface area contributed by atoms with Crippen LogP contribution in [0.25, 0.3) is 111 Å². The van der Waals surface area contributed by atoms with Crippen LogP contribution in [0, 0.1) is 0 Å². The topological polar surface area (TPSA) is 51.6 Å².